The Hall–Kier alpha value is -1.76. The first-order chi connectivity index (χ1) is 9.54. The molecule has 0 aromatic carbocycles. The number of hydroxylamine groups is 2. The number of aliphatic imine (C=N–C) groups is 1. The van der Waals surface area contributed by atoms with Crippen LogP contribution in [0.2, 0.25) is 0 Å². The Kier molecular flexibility index (Phi) is 3.08. The molecule has 5 atom stereocenters. The molecule has 110 valence electrons. The minimum Gasteiger partial charge on any atom is -0.856 e. The van der Waals surface area contributed by atoms with Crippen LogP contribution in [0.4, 0.5) is 0 Å². The minimum atomic E-state index is -1.42. The van der Waals surface area contributed by atoms with E-state index in [1.165, 1.54) is 0 Å². The molecule has 11 nitrogen and oxygen atoms in total. The van der Waals surface area contributed by atoms with Gasteiger partial charge in [0, 0.05) is 16.3 Å². The molecular formula is C9H12N4O7. The van der Waals surface area contributed by atoms with Gasteiger partial charge in [0.15, 0.2) is 6.23 Å². The maximum absolute atomic E-state index is 12.2. The number of fused-ring (bicyclic) bond motifs is 1. The maximum Gasteiger partial charge on any atom is 0.269 e. The Morgan fingerprint density at radius 3 is 2.80 bits per heavy atom. The first-order valence-corrected chi connectivity index (χ1v) is 5.72. The van der Waals surface area contributed by atoms with Gasteiger partial charge in [0.25, 0.3) is 11.5 Å². The van der Waals surface area contributed by atoms with E-state index in [2.05, 4.69) is 15.1 Å². The van der Waals surface area contributed by atoms with Gasteiger partial charge in [-0.1, -0.05) is 0 Å². The Morgan fingerprint density at radius 2 is 2.15 bits per heavy atom. The molecule has 0 aliphatic carbocycles. The normalized spacial score (nSPS) is 39.9. The minimum absolute atomic E-state index is 0.0875. The van der Waals surface area contributed by atoms with Crippen molar-refractivity contribution in [2.24, 2.45) is 10.1 Å². The second-order valence-electron chi connectivity index (χ2n) is 4.37. The van der Waals surface area contributed by atoms with Crippen LogP contribution in [-0.2, 0) is 9.68 Å². The van der Waals surface area contributed by atoms with Gasteiger partial charge in [0.05, 0.1) is 12.9 Å². The van der Waals surface area contributed by atoms with Gasteiger partial charge in [-0.2, -0.15) is 10.1 Å². The quantitative estimate of drug-likeness (QED) is 0.338. The third kappa shape index (κ3) is 1.76. The Balaban J connectivity index is 1.89. The van der Waals surface area contributed by atoms with E-state index >= 15 is 0 Å². The molecule has 3 heterocycles. The van der Waals surface area contributed by atoms with Crippen LogP contribution >= 0.6 is 0 Å². The molecule has 3 rings (SSSR count). The van der Waals surface area contributed by atoms with Crippen LogP contribution in [0.3, 0.4) is 0 Å². The van der Waals surface area contributed by atoms with E-state index in [4.69, 9.17) is 9.84 Å². The van der Waals surface area contributed by atoms with Crippen molar-refractivity contribution in [1.82, 2.24) is 4.90 Å². The summed E-state index contributed by atoms with van der Waals surface area (Å²) >= 11 is 0. The summed E-state index contributed by atoms with van der Waals surface area (Å²) in [7, 11) is 0. The SMILES string of the molecule is [O-]C1=C2C(=NO[NH+]2O)N=CN1[C@@H]1O[C@@H](CO)[C@@H](O)[C@@H]1O. The Morgan fingerprint density at radius 1 is 1.40 bits per heavy atom. The average Bonchev–Trinajstić information content (AvgIpc) is 2.94. The molecule has 1 fully saturated rings. The van der Waals surface area contributed by atoms with Crippen LogP contribution in [0.5, 0.6) is 0 Å². The van der Waals surface area contributed by atoms with Gasteiger partial charge in [-0.3, -0.25) is 0 Å². The number of rotatable bonds is 2. The highest BCUT2D eigenvalue weighted by atomic mass is 17.0. The van der Waals surface area contributed by atoms with E-state index < -0.39 is 42.3 Å². The van der Waals surface area contributed by atoms with E-state index in [0.29, 0.717) is 0 Å². The lowest BCUT2D eigenvalue weighted by Gasteiger charge is -2.34. The van der Waals surface area contributed by atoms with Crippen molar-refractivity contribution >= 4 is 12.2 Å². The number of quaternary nitrogens is 1. The molecule has 0 radical (unpaired) electrons. The van der Waals surface area contributed by atoms with Crippen LogP contribution in [-0.4, -0.2) is 68.7 Å². The number of amidine groups is 1. The molecule has 0 saturated carbocycles. The second-order valence-corrected chi connectivity index (χ2v) is 4.37. The summed E-state index contributed by atoms with van der Waals surface area (Å²) in [6.07, 6.45) is -3.98. The fraction of sp³-hybridized carbons (Fsp3) is 0.556. The smallest absolute Gasteiger partial charge is 0.269 e. The fourth-order valence-electron chi connectivity index (χ4n) is 2.14. The molecular weight excluding hydrogens is 276 g/mol. The standard InChI is InChI=1S/C9H12N4O7/c14-1-3-5(15)6(16)9(19-3)12-2-10-7-4(8(12)17)13(18)20-11-7/h2-3,5-6,9,14-18H,1H2/t3-,5+,6-,9+/m0/s1. The average molecular weight is 288 g/mol. The van der Waals surface area contributed by atoms with Gasteiger partial charge >= 0.3 is 0 Å². The van der Waals surface area contributed by atoms with Gasteiger partial charge in [-0.25, -0.2) is 4.99 Å². The van der Waals surface area contributed by atoms with Crippen molar-refractivity contribution in [3.8, 4) is 0 Å². The van der Waals surface area contributed by atoms with Crippen LogP contribution in [0, 0.1) is 0 Å². The third-order valence-corrected chi connectivity index (χ3v) is 3.20. The summed E-state index contributed by atoms with van der Waals surface area (Å²) in [5.41, 5.74) is -0.259. The number of nitrogens with one attached hydrogen (secondary N) is 1. The van der Waals surface area contributed by atoms with Crippen molar-refractivity contribution in [2.75, 3.05) is 6.61 Å². The van der Waals surface area contributed by atoms with Crippen molar-refractivity contribution in [3.63, 3.8) is 0 Å². The Labute approximate surface area is 111 Å². The molecule has 0 spiro atoms. The molecule has 3 aliphatic heterocycles. The first-order valence-electron chi connectivity index (χ1n) is 5.72. The highest BCUT2D eigenvalue weighted by Gasteiger charge is 2.47. The topological polar surface area (TPSA) is 155 Å². The lowest BCUT2D eigenvalue weighted by atomic mass is 10.1. The molecule has 1 saturated heterocycles. The summed E-state index contributed by atoms with van der Waals surface area (Å²) in [5.74, 6) is -0.834. The van der Waals surface area contributed by atoms with Crippen LogP contribution in [0.1, 0.15) is 0 Å². The number of nitrogens with zero attached hydrogens (tertiary/aromatic N) is 3. The zero-order chi connectivity index (χ0) is 14.4. The third-order valence-electron chi connectivity index (χ3n) is 3.20. The van der Waals surface area contributed by atoms with Gasteiger partial charge < -0.3 is 30.1 Å². The van der Waals surface area contributed by atoms with E-state index in [-0.39, 0.29) is 11.5 Å². The lowest BCUT2D eigenvalue weighted by molar-refractivity contribution is -1.21. The molecule has 5 N–H and O–H groups in total. The molecule has 20 heavy (non-hydrogen) atoms. The van der Waals surface area contributed by atoms with Crippen molar-refractivity contribution in [3.05, 3.63) is 11.6 Å². The molecule has 1 unspecified atom stereocenters. The number of ether oxygens (including phenoxy) is 1. The molecule has 3 aliphatic rings. The van der Waals surface area contributed by atoms with Gasteiger partial charge in [-0.05, 0) is 0 Å². The Bertz CT molecular complexity index is 507. The second kappa shape index (κ2) is 4.66. The van der Waals surface area contributed by atoms with Crippen LogP contribution < -0.4 is 10.3 Å². The zero-order valence-corrected chi connectivity index (χ0v) is 9.95. The maximum atomic E-state index is 12.2. The number of aliphatic hydroxyl groups excluding tert-OH is 3. The van der Waals surface area contributed by atoms with E-state index in [1.54, 1.807) is 0 Å². The van der Waals surface area contributed by atoms with Gasteiger partial charge in [-0.15, -0.1) is 0 Å². The van der Waals surface area contributed by atoms with Gasteiger partial charge in [0.2, 0.25) is 0 Å². The molecule has 0 bridgehead atoms. The zero-order valence-electron chi connectivity index (χ0n) is 9.95. The molecule has 0 aromatic heterocycles. The van der Waals surface area contributed by atoms with E-state index in [0.717, 1.165) is 11.2 Å². The number of oxime groups is 1. The summed E-state index contributed by atoms with van der Waals surface area (Å²) in [6, 6.07) is 0. The van der Waals surface area contributed by atoms with Crippen molar-refractivity contribution < 1.29 is 40.5 Å². The molecule has 0 amide bonds. The van der Waals surface area contributed by atoms with Crippen molar-refractivity contribution in [1.29, 1.82) is 0 Å². The number of hydrogen-bond acceptors (Lipinski definition) is 10. The summed E-state index contributed by atoms with van der Waals surface area (Å²) in [6.45, 7) is -0.516. The summed E-state index contributed by atoms with van der Waals surface area (Å²) < 4.78 is 5.21. The summed E-state index contributed by atoms with van der Waals surface area (Å²) in [5, 5.41) is 52.8. The largest absolute Gasteiger partial charge is 0.856 e. The lowest BCUT2D eigenvalue weighted by Crippen LogP contribution is -3.05. The number of aliphatic hydroxyl groups is 3. The molecule has 11 heteroatoms. The van der Waals surface area contributed by atoms with E-state index in [1.807, 2.05) is 0 Å². The van der Waals surface area contributed by atoms with Crippen molar-refractivity contribution in [2.45, 2.75) is 24.5 Å². The highest BCUT2D eigenvalue weighted by Crippen LogP contribution is 2.26. The highest BCUT2D eigenvalue weighted by molar-refractivity contribution is 6.02. The predicted octanol–water partition coefficient (Wildman–Crippen LogP) is -5.17. The number of hydrogen-bond donors (Lipinski definition) is 5. The van der Waals surface area contributed by atoms with Crippen LogP contribution in [0.15, 0.2) is 21.7 Å². The fourth-order valence-corrected chi connectivity index (χ4v) is 2.14. The monoisotopic (exact) mass is 288 g/mol. The first kappa shape index (κ1) is 13.2. The van der Waals surface area contributed by atoms with Crippen LogP contribution in [0.25, 0.3) is 0 Å². The van der Waals surface area contributed by atoms with Gasteiger partial charge in [0.1, 0.15) is 18.3 Å². The summed E-state index contributed by atoms with van der Waals surface area (Å²) in [4.78, 5) is 9.11. The molecule has 0 aromatic rings. The predicted molar refractivity (Wildman–Crippen MR) is 56.4 cm³/mol. The van der Waals surface area contributed by atoms with E-state index in [9.17, 15) is 20.5 Å².